The Morgan fingerprint density at radius 3 is 2.21 bits per heavy atom. The molecule has 4 rings (SSSR count). The average molecular weight is 596 g/mol. The number of guanidine groups is 1. The van der Waals surface area contributed by atoms with Gasteiger partial charge in [-0.3, -0.25) is 20.4 Å². The molecule has 2 aromatic rings. The molecular formula is C32H46ClN7O2. The van der Waals surface area contributed by atoms with Gasteiger partial charge in [0.25, 0.3) is 0 Å². The molecule has 42 heavy (non-hydrogen) atoms. The van der Waals surface area contributed by atoms with Crippen LogP contribution in [0.15, 0.2) is 48.5 Å². The first kappa shape index (κ1) is 32.9. The van der Waals surface area contributed by atoms with Crippen molar-refractivity contribution in [2.45, 2.75) is 70.3 Å². The van der Waals surface area contributed by atoms with Crippen LogP contribution < -0.4 is 22.1 Å². The highest BCUT2D eigenvalue weighted by Crippen LogP contribution is 2.29. The van der Waals surface area contributed by atoms with Gasteiger partial charge in [0.15, 0.2) is 5.96 Å². The molecule has 1 aliphatic carbocycles. The van der Waals surface area contributed by atoms with E-state index in [1.807, 2.05) is 60.4 Å². The first-order chi connectivity index (χ1) is 19.7. The second kappa shape index (κ2) is 15.6. The lowest BCUT2D eigenvalue weighted by atomic mass is 9.82. The number of rotatable bonds is 10. The third-order valence-corrected chi connectivity index (χ3v) is 8.69. The van der Waals surface area contributed by atoms with Crippen LogP contribution in [0.5, 0.6) is 0 Å². The summed E-state index contributed by atoms with van der Waals surface area (Å²) in [4.78, 5) is 29.5. The number of halogens is 1. The fourth-order valence-electron chi connectivity index (χ4n) is 6.16. The van der Waals surface area contributed by atoms with E-state index in [4.69, 9.17) is 22.3 Å². The zero-order chi connectivity index (χ0) is 29.4. The Bertz CT molecular complexity index is 1220. The molecule has 1 saturated heterocycles. The van der Waals surface area contributed by atoms with Gasteiger partial charge in [0, 0.05) is 25.2 Å². The summed E-state index contributed by atoms with van der Waals surface area (Å²) in [5.74, 6) is -0.163. The molecule has 9 nitrogen and oxygen atoms in total. The highest BCUT2D eigenvalue weighted by Gasteiger charge is 2.34. The van der Waals surface area contributed by atoms with Gasteiger partial charge < -0.3 is 27.0 Å². The Hall–Kier alpha value is -3.59. The van der Waals surface area contributed by atoms with Gasteiger partial charge in [0.2, 0.25) is 11.8 Å². The average Bonchev–Trinajstić information content (AvgIpc) is 2.98. The molecule has 2 aromatic carbocycles. The van der Waals surface area contributed by atoms with Crippen LogP contribution in [-0.4, -0.2) is 54.2 Å². The van der Waals surface area contributed by atoms with Gasteiger partial charge in [-0.1, -0.05) is 73.4 Å². The number of carbonyl (C=O) groups excluding carboxylic acids is 2. The van der Waals surface area contributed by atoms with E-state index in [-0.39, 0.29) is 41.9 Å². The van der Waals surface area contributed by atoms with Crippen molar-refractivity contribution in [3.8, 4) is 0 Å². The molecule has 0 spiro atoms. The van der Waals surface area contributed by atoms with Gasteiger partial charge in [-0.25, -0.2) is 0 Å². The second-order valence-electron chi connectivity index (χ2n) is 11.7. The lowest BCUT2D eigenvalue weighted by Gasteiger charge is -2.34. The maximum absolute atomic E-state index is 14.0. The normalized spacial score (nSPS) is 17.4. The Morgan fingerprint density at radius 1 is 0.952 bits per heavy atom. The van der Waals surface area contributed by atoms with Gasteiger partial charge in [-0.15, -0.1) is 12.4 Å². The highest BCUT2D eigenvalue weighted by molar-refractivity contribution is 5.95. The molecule has 0 radical (unpaired) electrons. The summed E-state index contributed by atoms with van der Waals surface area (Å²) in [5, 5.41) is 21.7. The monoisotopic (exact) mass is 595 g/mol. The van der Waals surface area contributed by atoms with Crippen molar-refractivity contribution in [3.05, 3.63) is 70.8 Å². The number of nitrogens with zero attached hydrogens (tertiary/aromatic N) is 1. The summed E-state index contributed by atoms with van der Waals surface area (Å²) in [6, 6.07) is 14.9. The minimum Gasteiger partial charge on any atom is -0.384 e. The Morgan fingerprint density at radius 2 is 1.62 bits per heavy atom. The maximum Gasteiger partial charge on any atom is 0.242 e. The molecule has 10 heteroatoms. The van der Waals surface area contributed by atoms with E-state index in [9.17, 15) is 9.59 Å². The first-order valence-electron chi connectivity index (χ1n) is 14.9. The first-order valence-corrected chi connectivity index (χ1v) is 14.9. The van der Waals surface area contributed by atoms with E-state index in [2.05, 4.69) is 10.6 Å². The number of nitrogens with one attached hydrogen (secondary N) is 4. The van der Waals surface area contributed by atoms with Gasteiger partial charge in [-0.05, 0) is 62.0 Å². The van der Waals surface area contributed by atoms with Crippen molar-refractivity contribution in [1.29, 1.82) is 10.8 Å². The van der Waals surface area contributed by atoms with Gasteiger partial charge >= 0.3 is 0 Å². The molecule has 1 aliphatic heterocycles. The lowest BCUT2D eigenvalue weighted by molar-refractivity contribution is -0.131. The zero-order valence-electron chi connectivity index (χ0n) is 24.5. The van der Waals surface area contributed by atoms with Crippen molar-refractivity contribution >= 4 is 36.0 Å². The molecule has 2 amide bonds. The molecule has 8 N–H and O–H groups in total. The lowest BCUT2D eigenvalue weighted by Crippen LogP contribution is -2.53. The standard InChI is InChI=1S/C32H45N7O2.ClH/c1-21-6-5-9-26(18-21)27(19-22-10-12-25(13-11-22)29(33)34)30(40)38-28(24-7-3-2-4-8-24)31(41)37-20-23-14-16-39(17-15-23)32(35)36;/h5-6,9-13,18,23-24,27-28H,2-4,7-8,14-17,19-20H2,1H3,(H3,33,34)(H3,35,36)(H,37,41)(H,38,40);1H/t27?,28-;/m0./s1. The summed E-state index contributed by atoms with van der Waals surface area (Å²) in [7, 11) is 0. The van der Waals surface area contributed by atoms with Crippen LogP contribution in [0.25, 0.3) is 0 Å². The molecule has 2 atom stereocenters. The van der Waals surface area contributed by atoms with Gasteiger partial charge in [-0.2, -0.15) is 0 Å². The minimum atomic E-state index is -0.576. The number of hydrogen-bond donors (Lipinski definition) is 6. The second-order valence-corrected chi connectivity index (χ2v) is 11.7. The van der Waals surface area contributed by atoms with Crippen LogP contribution in [0.2, 0.25) is 0 Å². The largest absolute Gasteiger partial charge is 0.384 e. The van der Waals surface area contributed by atoms with Crippen LogP contribution in [0.4, 0.5) is 0 Å². The van der Waals surface area contributed by atoms with E-state index in [0.717, 1.165) is 74.7 Å². The van der Waals surface area contributed by atoms with Gasteiger partial charge in [0.1, 0.15) is 11.9 Å². The van der Waals surface area contributed by atoms with Crippen molar-refractivity contribution in [2.24, 2.45) is 23.3 Å². The topological polar surface area (TPSA) is 161 Å². The zero-order valence-corrected chi connectivity index (χ0v) is 25.3. The van der Waals surface area contributed by atoms with Crippen LogP contribution >= 0.6 is 12.4 Å². The smallest absolute Gasteiger partial charge is 0.242 e. The molecule has 1 unspecified atom stereocenters. The number of amides is 2. The molecule has 0 aromatic heterocycles. The van der Waals surface area contributed by atoms with E-state index in [1.165, 1.54) is 0 Å². The van der Waals surface area contributed by atoms with Crippen LogP contribution in [0.3, 0.4) is 0 Å². The number of likely N-dealkylation sites (tertiary alicyclic amines) is 1. The molecule has 0 bridgehead atoms. The van der Waals surface area contributed by atoms with E-state index >= 15 is 0 Å². The fourth-order valence-corrected chi connectivity index (χ4v) is 6.16. The van der Waals surface area contributed by atoms with Crippen molar-refractivity contribution < 1.29 is 9.59 Å². The number of amidine groups is 1. The molecule has 2 aliphatic rings. The van der Waals surface area contributed by atoms with E-state index in [1.54, 1.807) is 0 Å². The number of nitrogens with two attached hydrogens (primary N) is 2. The summed E-state index contributed by atoms with van der Waals surface area (Å²) in [6.07, 6.45) is 7.37. The molecule has 1 saturated carbocycles. The van der Waals surface area contributed by atoms with Crippen molar-refractivity contribution in [3.63, 3.8) is 0 Å². The van der Waals surface area contributed by atoms with Crippen LogP contribution in [-0.2, 0) is 16.0 Å². The third-order valence-electron chi connectivity index (χ3n) is 8.69. The number of carbonyl (C=O) groups is 2. The van der Waals surface area contributed by atoms with E-state index in [0.29, 0.717) is 24.4 Å². The minimum absolute atomic E-state index is 0. The number of benzene rings is 2. The number of piperidine rings is 1. The summed E-state index contributed by atoms with van der Waals surface area (Å²) >= 11 is 0. The maximum atomic E-state index is 14.0. The number of hydrogen-bond acceptors (Lipinski definition) is 4. The molecule has 228 valence electrons. The summed E-state index contributed by atoms with van der Waals surface area (Å²) in [5.41, 5.74) is 14.9. The Balaban J connectivity index is 0.00000484. The molecular weight excluding hydrogens is 550 g/mol. The summed E-state index contributed by atoms with van der Waals surface area (Å²) in [6.45, 7) is 4.03. The molecule has 2 fully saturated rings. The van der Waals surface area contributed by atoms with E-state index < -0.39 is 12.0 Å². The summed E-state index contributed by atoms with van der Waals surface area (Å²) < 4.78 is 0. The predicted octanol–water partition coefficient (Wildman–Crippen LogP) is 3.81. The number of nitrogen functional groups attached to an aromatic ring is 1. The third kappa shape index (κ3) is 8.95. The highest BCUT2D eigenvalue weighted by atomic mass is 35.5. The number of aryl methyl sites for hydroxylation is 1. The quantitative estimate of drug-likeness (QED) is 0.181. The van der Waals surface area contributed by atoms with Crippen molar-refractivity contribution in [2.75, 3.05) is 19.6 Å². The van der Waals surface area contributed by atoms with Crippen LogP contribution in [0.1, 0.15) is 73.1 Å². The Kier molecular flexibility index (Phi) is 12.2. The fraction of sp³-hybridized carbons (Fsp3) is 0.500. The Labute approximate surface area is 255 Å². The molecule has 1 heterocycles. The van der Waals surface area contributed by atoms with Crippen LogP contribution in [0, 0.1) is 29.6 Å². The van der Waals surface area contributed by atoms with Gasteiger partial charge in [0.05, 0.1) is 5.92 Å². The predicted molar refractivity (Wildman–Crippen MR) is 170 cm³/mol. The van der Waals surface area contributed by atoms with Crippen molar-refractivity contribution in [1.82, 2.24) is 15.5 Å². The SMILES string of the molecule is Cc1cccc(C(Cc2ccc(C(=N)N)cc2)C(=O)N[C@H](C(=O)NCC2CCN(C(=N)N)CC2)C2CCCCC2)c1.Cl.